The Morgan fingerprint density at radius 3 is 1.83 bits per heavy atom. The van der Waals surface area contributed by atoms with Gasteiger partial charge in [-0.3, -0.25) is 0 Å². The minimum absolute atomic E-state index is 1.15. The first-order valence-electron chi connectivity index (χ1n) is 9.01. The molecular weight excluding hydrogens is 424 g/mol. The Labute approximate surface area is 162 Å². The SMILES string of the molecule is CCCCCCCCC=C1c2cc(Br)ccc2-c2ccc(Br)cc21. The molecule has 0 unspecified atom stereocenters. The van der Waals surface area contributed by atoms with Gasteiger partial charge in [0.1, 0.15) is 0 Å². The summed E-state index contributed by atoms with van der Waals surface area (Å²) >= 11 is 7.26. The zero-order chi connectivity index (χ0) is 16.9. The molecule has 0 atom stereocenters. The molecule has 0 aromatic heterocycles. The van der Waals surface area contributed by atoms with E-state index in [1.54, 1.807) is 0 Å². The van der Waals surface area contributed by atoms with Crippen molar-refractivity contribution in [1.82, 2.24) is 0 Å². The van der Waals surface area contributed by atoms with Crippen LogP contribution in [-0.2, 0) is 0 Å². The largest absolute Gasteiger partial charge is 0.0760 e. The van der Waals surface area contributed by atoms with Gasteiger partial charge in [-0.15, -0.1) is 0 Å². The van der Waals surface area contributed by atoms with Crippen LogP contribution in [0.4, 0.5) is 0 Å². The molecule has 1 aliphatic carbocycles. The number of allylic oxidation sites excluding steroid dienone is 1. The van der Waals surface area contributed by atoms with Crippen LogP contribution in [0.2, 0.25) is 0 Å². The summed E-state index contributed by atoms with van der Waals surface area (Å²) in [6.45, 7) is 2.27. The fourth-order valence-electron chi connectivity index (χ4n) is 3.48. The number of benzene rings is 2. The molecule has 1 aliphatic rings. The summed E-state index contributed by atoms with van der Waals surface area (Å²) in [7, 11) is 0. The summed E-state index contributed by atoms with van der Waals surface area (Å²) in [6, 6.07) is 13.3. The molecule has 0 heterocycles. The first-order valence-corrected chi connectivity index (χ1v) is 10.6. The van der Waals surface area contributed by atoms with Gasteiger partial charge in [-0.1, -0.05) is 89.1 Å². The van der Waals surface area contributed by atoms with E-state index in [0.717, 1.165) is 8.95 Å². The molecule has 0 aliphatic heterocycles. The molecule has 0 fully saturated rings. The number of fused-ring (bicyclic) bond motifs is 3. The van der Waals surface area contributed by atoms with Crippen LogP contribution in [0, 0.1) is 0 Å². The van der Waals surface area contributed by atoms with Gasteiger partial charge in [0.05, 0.1) is 0 Å². The fourth-order valence-corrected chi connectivity index (χ4v) is 4.21. The highest BCUT2D eigenvalue weighted by molar-refractivity contribution is 9.10. The smallest absolute Gasteiger partial charge is 0.0181 e. The minimum atomic E-state index is 1.15. The van der Waals surface area contributed by atoms with E-state index in [0.29, 0.717) is 0 Å². The van der Waals surface area contributed by atoms with Crippen LogP contribution in [0.1, 0.15) is 63.0 Å². The highest BCUT2D eigenvalue weighted by Crippen LogP contribution is 2.46. The van der Waals surface area contributed by atoms with Crippen LogP contribution in [0.15, 0.2) is 51.4 Å². The van der Waals surface area contributed by atoms with Crippen molar-refractivity contribution >= 4 is 37.4 Å². The maximum absolute atomic E-state index is 3.63. The highest BCUT2D eigenvalue weighted by atomic mass is 79.9. The molecule has 2 heteroatoms. The lowest BCUT2D eigenvalue weighted by Gasteiger charge is -2.05. The second-order valence-corrected chi connectivity index (χ2v) is 8.39. The molecule has 0 N–H and O–H groups in total. The van der Waals surface area contributed by atoms with Crippen LogP contribution in [0.5, 0.6) is 0 Å². The monoisotopic (exact) mass is 446 g/mol. The molecule has 0 saturated heterocycles. The summed E-state index contributed by atoms with van der Waals surface area (Å²) in [5, 5.41) is 0. The predicted molar refractivity (Wildman–Crippen MR) is 112 cm³/mol. The number of hydrogen-bond donors (Lipinski definition) is 0. The lowest BCUT2D eigenvalue weighted by atomic mass is 10.0. The number of rotatable bonds is 7. The van der Waals surface area contributed by atoms with Crippen molar-refractivity contribution in [3.05, 3.63) is 62.5 Å². The van der Waals surface area contributed by atoms with Crippen LogP contribution >= 0.6 is 31.9 Å². The molecule has 24 heavy (non-hydrogen) atoms. The molecule has 0 bridgehead atoms. The van der Waals surface area contributed by atoms with E-state index < -0.39 is 0 Å². The van der Waals surface area contributed by atoms with Gasteiger partial charge in [-0.05, 0) is 64.9 Å². The summed E-state index contributed by atoms with van der Waals surface area (Å²) in [5.41, 5.74) is 6.84. The van der Waals surface area contributed by atoms with Gasteiger partial charge in [0.15, 0.2) is 0 Å². The predicted octanol–water partition coefficient (Wildman–Crippen LogP) is 8.37. The zero-order valence-corrected chi connectivity index (χ0v) is 17.4. The van der Waals surface area contributed by atoms with Crippen LogP contribution in [0.3, 0.4) is 0 Å². The topological polar surface area (TPSA) is 0 Å². The lowest BCUT2D eigenvalue weighted by Crippen LogP contribution is -1.84. The summed E-state index contributed by atoms with van der Waals surface area (Å²) in [4.78, 5) is 0. The van der Waals surface area contributed by atoms with Gasteiger partial charge >= 0.3 is 0 Å². The molecule has 0 nitrogen and oxygen atoms in total. The molecule has 2 aromatic rings. The van der Waals surface area contributed by atoms with Crippen molar-refractivity contribution in [2.45, 2.75) is 51.9 Å². The Balaban J connectivity index is 1.78. The van der Waals surface area contributed by atoms with Crippen molar-refractivity contribution in [2.75, 3.05) is 0 Å². The fraction of sp³-hybridized carbons (Fsp3) is 0.364. The molecular formula is C22H24Br2. The quantitative estimate of drug-likeness (QED) is 0.319. The molecule has 3 rings (SSSR count). The Kier molecular flexibility index (Phi) is 6.35. The Morgan fingerprint density at radius 1 is 0.708 bits per heavy atom. The minimum Gasteiger partial charge on any atom is -0.0760 e. The van der Waals surface area contributed by atoms with Crippen LogP contribution in [-0.4, -0.2) is 0 Å². The third kappa shape index (κ3) is 4.03. The first kappa shape index (κ1) is 17.9. The Morgan fingerprint density at radius 2 is 1.25 bits per heavy atom. The summed E-state index contributed by atoms with van der Waals surface area (Å²) in [5.74, 6) is 0. The second kappa shape index (κ2) is 8.49. The molecule has 0 saturated carbocycles. The molecule has 0 spiro atoms. The normalized spacial score (nSPS) is 12.2. The van der Waals surface area contributed by atoms with Crippen molar-refractivity contribution < 1.29 is 0 Å². The third-order valence-electron chi connectivity index (χ3n) is 4.74. The molecule has 126 valence electrons. The van der Waals surface area contributed by atoms with E-state index in [2.05, 4.69) is 81.3 Å². The number of unbranched alkanes of at least 4 members (excludes halogenated alkanes) is 6. The molecule has 2 aromatic carbocycles. The van der Waals surface area contributed by atoms with E-state index >= 15 is 0 Å². The van der Waals surface area contributed by atoms with Crippen molar-refractivity contribution in [2.24, 2.45) is 0 Å². The maximum atomic E-state index is 3.63. The number of halogens is 2. The zero-order valence-electron chi connectivity index (χ0n) is 14.2. The van der Waals surface area contributed by atoms with Gasteiger partial charge < -0.3 is 0 Å². The second-order valence-electron chi connectivity index (χ2n) is 6.55. The van der Waals surface area contributed by atoms with Gasteiger partial charge in [-0.2, -0.15) is 0 Å². The number of hydrogen-bond acceptors (Lipinski definition) is 0. The average Bonchev–Trinajstić information content (AvgIpc) is 2.86. The van der Waals surface area contributed by atoms with Crippen molar-refractivity contribution in [3.63, 3.8) is 0 Å². The van der Waals surface area contributed by atoms with Crippen LogP contribution < -0.4 is 0 Å². The summed E-state index contributed by atoms with van der Waals surface area (Å²) < 4.78 is 2.30. The van der Waals surface area contributed by atoms with E-state index in [4.69, 9.17) is 0 Å². The molecule has 0 radical (unpaired) electrons. The van der Waals surface area contributed by atoms with Gasteiger partial charge in [0.2, 0.25) is 0 Å². The maximum Gasteiger partial charge on any atom is 0.0181 e. The van der Waals surface area contributed by atoms with Crippen LogP contribution in [0.25, 0.3) is 16.7 Å². The van der Waals surface area contributed by atoms with E-state index in [-0.39, 0.29) is 0 Å². The van der Waals surface area contributed by atoms with Crippen molar-refractivity contribution in [1.29, 1.82) is 0 Å². The first-order chi connectivity index (χ1) is 11.7. The Bertz CT molecular complexity index is 690. The van der Waals surface area contributed by atoms with Gasteiger partial charge in [-0.25, -0.2) is 0 Å². The van der Waals surface area contributed by atoms with E-state index in [1.165, 1.54) is 72.8 Å². The lowest BCUT2D eigenvalue weighted by molar-refractivity contribution is 0.611. The third-order valence-corrected chi connectivity index (χ3v) is 5.73. The van der Waals surface area contributed by atoms with Gasteiger partial charge in [0, 0.05) is 8.95 Å². The van der Waals surface area contributed by atoms with Gasteiger partial charge in [0.25, 0.3) is 0 Å². The molecule has 0 amide bonds. The average molecular weight is 448 g/mol. The van der Waals surface area contributed by atoms with E-state index in [9.17, 15) is 0 Å². The summed E-state index contributed by atoms with van der Waals surface area (Å²) in [6.07, 6.45) is 11.7. The Hall–Kier alpha value is -0.860. The van der Waals surface area contributed by atoms with Crippen molar-refractivity contribution in [3.8, 4) is 11.1 Å². The highest BCUT2D eigenvalue weighted by Gasteiger charge is 2.23. The van der Waals surface area contributed by atoms with E-state index in [1.807, 2.05) is 0 Å². The standard InChI is InChI=1S/C22H24Br2/c1-2-3-4-5-6-7-8-9-18-21-14-16(23)10-12-19(21)20-13-11-17(24)15-22(18)20/h9-15H,2-8H2,1H3.